The molecule has 1 aliphatic heterocycles. The van der Waals surface area contributed by atoms with Crippen molar-refractivity contribution in [1.29, 1.82) is 0 Å². The van der Waals surface area contributed by atoms with Gasteiger partial charge in [-0.2, -0.15) is 0 Å². The van der Waals surface area contributed by atoms with E-state index in [1.807, 2.05) is 72.8 Å². The predicted octanol–water partition coefficient (Wildman–Crippen LogP) is 5.49. The summed E-state index contributed by atoms with van der Waals surface area (Å²) in [5.41, 5.74) is 1.94. The van der Waals surface area contributed by atoms with E-state index in [0.717, 1.165) is 22.3 Å². The zero-order chi connectivity index (χ0) is 24.1. The molecule has 4 aromatic rings. The zero-order valence-corrected chi connectivity index (χ0v) is 19.9. The van der Waals surface area contributed by atoms with Gasteiger partial charge in [-0.25, -0.2) is 0 Å². The molecular weight excluding hydrogens is 435 g/mol. The molecule has 0 aliphatic carbocycles. The van der Waals surface area contributed by atoms with Crippen molar-refractivity contribution >= 4 is 7.69 Å². The molecule has 1 radical (unpaired) electrons. The first kappa shape index (κ1) is 23.5. The second-order valence-corrected chi connectivity index (χ2v) is 8.55. The first-order chi connectivity index (χ1) is 17.3. The van der Waals surface area contributed by atoms with Crippen LogP contribution in [0.1, 0.15) is 22.3 Å². The molecule has 4 aromatic carbocycles. The van der Waals surface area contributed by atoms with Crippen LogP contribution in [0.3, 0.4) is 0 Å². The van der Waals surface area contributed by atoms with Crippen molar-refractivity contribution < 1.29 is 18.8 Å². The molecule has 0 unspecified atom stereocenters. The third-order valence-corrected chi connectivity index (χ3v) is 6.94. The molecule has 5 rings (SSSR count). The summed E-state index contributed by atoms with van der Waals surface area (Å²) in [6, 6.07) is 40.6. The summed E-state index contributed by atoms with van der Waals surface area (Å²) in [5, 5.41) is 0. The van der Waals surface area contributed by atoms with Crippen molar-refractivity contribution in [3.05, 3.63) is 144 Å². The fourth-order valence-corrected chi connectivity index (χ4v) is 5.35. The van der Waals surface area contributed by atoms with Crippen molar-refractivity contribution in [2.45, 2.75) is 23.4 Å². The van der Waals surface area contributed by atoms with E-state index in [1.54, 1.807) is 14.2 Å². The molecule has 0 saturated carbocycles. The molecule has 0 N–H and O–H groups in total. The van der Waals surface area contributed by atoms with Gasteiger partial charge in [0, 0.05) is 14.2 Å². The molecule has 4 nitrogen and oxygen atoms in total. The van der Waals surface area contributed by atoms with Gasteiger partial charge in [-0.15, -0.1) is 0 Å². The normalized spacial score (nSPS) is 18.2. The van der Waals surface area contributed by atoms with Crippen molar-refractivity contribution in [2.75, 3.05) is 14.2 Å². The highest BCUT2D eigenvalue weighted by molar-refractivity contribution is 6.19. The van der Waals surface area contributed by atoms with Crippen LogP contribution in [-0.2, 0) is 30.0 Å². The molecule has 175 valence electrons. The minimum absolute atomic E-state index is 0.572. The quantitative estimate of drug-likeness (QED) is 0.324. The van der Waals surface area contributed by atoms with Crippen LogP contribution in [0.5, 0.6) is 0 Å². The highest BCUT2D eigenvalue weighted by Crippen LogP contribution is 2.49. The Kier molecular flexibility index (Phi) is 6.84. The summed E-state index contributed by atoms with van der Waals surface area (Å²) in [6.45, 7) is 0. The topological polar surface area (TPSA) is 36.9 Å². The predicted molar refractivity (Wildman–Crippen MR) is 137 cm³/mol. The largest absolute Gasteiger partial charge is 0.488 e. The molecule has 1 aliphatic rings. The maximum atomic E-state index is 6.46. The smallest absolute Gasteiger partial charge is 0.404 e. The minimum Gasteiger partial charge on any atom is -0.404 e. The van der Waals surface area contributed by atoms with Crippen LogP contribution in [-0.4, -0.2) is 34.1 Å². The lowest BCUT2D eigenvalue weighted by Crippen LogP contribution is -2.56. The van der Waals surface area contributed by atoms with Crippen molar-refractivity contribution in [1.82, 2.24) is 0 Å². The van der Waals surface area contributed by atoms with E-state index < -0.39 is 23.4 Å². The summed E-state index contributed by atoms with van der Waals surface area (Å²) in [7, 11) is 4.87. The Morgan fingerprint density at radius 1 is 0.486 bits per heavy atom. The van der Waals surface area contributed by atoms with Crippen molar-refractivity contribution in [3.8, 4) is 0 Å². The lowest BCUT2D eigenvalue weighted by molar-refractivity contribution is -0.136. The molecule has 5 heteroatoms. The van der Waals surface area contributed by atoms with Gasteiger partial charge in [0.2, 0.25) is 0 Å². The Morgan fingerprint density at radius 2 is 0.743 bits per heavy atom. The van der Waals surface area contributed by atoms with Crippen molar-refractivity contribution in [2.24, 2.45) is 0 Å². The van der Waals surface area contributed by atoms with E-state index in [4.69, 9.17) is 18.8 Å². The molecule has 1 fully saturated rings. The van der Waals surface area contributed by atoms with Gasteiger partial charge in [0.15, 0.2) is 0 Å². The third-order valence-electron chi connectivity index (χ3n) is 6.94. The summed E-state index contributed by atoms with van der Waals surface area (Å²) in [6.07, 6.45) is -1.14. The monoisotopic (exact) mass is 463 g/mol. The van der Waals surface area contributed by atoms with E-state index in [-0.39, 0.29) is 0 Å². The van der Waals surface area contributed by atoms with Gasteiger partial charge in [0.1, 0.15) is 23.4 Å². The van der Waals surface area contributed by atoms with E-state index in [9.17, 15) is 0 Å². The van der Waals surface area contributed by atoms with Gasteiger partial charge in [0.05, 0.1) is 0 Å². The first-order valence-corrected chi connectivity index (χ1v) is 11.7. The number of hydrogen-bond acceptors (Lipinski definition) is 4. The first-order valence-electron chi connectivity index (χ1n) is 11.7. The number of methoxy groups -OCH3 is 2. The minimum atomic E-state index is -0.965. The van der Waals surface area contributed by atoms with E-state index in [0.29, 0.717) is 0 Å². The zero-order valence-electron chi connectivity index (χ0n) is 19.9. The lowest BCUT2D eigenvalue weighted by Gasteiger charge is -2.47. The van der Waals surface area contributed by atoms with E-state index in [1.165, 1.54) is 7.69 Å². The van der Waals surface area contributed by atoms with Crippen LogP contribution in [0.4, 0.5) is 0 Å². The van der Waals surface area contributed by atoms with E-state index >= 15 is 0 Å². The summed E-state index contributed by atoms with van der Waals surface area (Å²) in [4.78, 5) is 0. The Hall–Kier alpha value is -3.22. The average Bonchev–Trinajstić information content (AvgIpc) is 3.43. The summed E-state index contributed by atoms with van der Waals surface area (Å²) < 4.78 is 25.6. The Morgan fingerprint density at radius 3 is 0.971 bits per heavy atom. The maximum Gasteiger partial charge on any atom is 0.488 e. The van der Waals surface area contributed by atoms with Gasteiger partial charge in [0.25, 0.3) is 0 Å². The number of benzene rings is 4. The van der Waals surface area contributed by atoms with Gasteiger partial charge >= 0.3 is 7.69 Å². The van der Waals surface area contributed by atoms with Crippen LogP contribution in [0.2, 0.25) is 0 Å². The van der Waals surface area contributed by atoms with Crippen LogP contribution in [0.25, 0.3) is 0 Å². The van der Waals surface area contributed by atoms with Gasteiger partial charge in [-0.05, 0) is 22.3 Å². The Balaban J connectivity index is 1.76. The van der Waals surface area contributed by atoms with E-state index in [2.05, 4.69) is 48.5 Å². The molecule has 0 spiro atoms. The van der Waals surface area contributed by atoms with Gasteiger partial charge < -0.3 is 18.8 Å². The Bertz CT molecular complexity index is 1030. The van der Waals surface area contributed by atoms with Crippen LogP contribution >= 0.6 is 0 Å². The fourth-order valence-electron chi connectivity index (χ4n) is 5.35. The molecule has 0 bridgehead atoms. The number of hydrogen-bond donors (Lipinski definition) is 0. The van der Waals surface area contributed by atoms with Crippen molar-refractivity contribution in [3.63, 3.8) is 0 Å². The second-order valence-electron chi connectivity index (χ2n) is 8.55. The number of rotatable bonds is 8. The molecule has 1 heterocycles. The Labute approximate surface area is 207 Å². The lowest BCUT2D eigenvalue weighted by atomic mass is 9.71. The highest BCUT2D eigenvalue weighted by Gasteiger charge is 2.59. The number of ether oxygens (including phenoxy) is 2. The highest BCUT2D eigenvalue weighted by atomic mass is 16.7. The van der Waals surface area contributed by atoms with Crippen LogP contribution < -0.4 is 0 Å². The average molecular weight is 463 g/mol. The molecule has 0 amide bonds. The molecule has 0 aromatic heterocycles. The van der Waals surface area contributed by atoms with Gasteiger partial charge in [-0.1, -0.05) is 121 Å². The molecular formula is C30H28BO4. The molecule has 1 saturated heterocycles. The summed E-state index contributed by atoms with van der Waals surface area (Å²) >= 11 is 0. The summed E-state index contributed by atoms with van der Waals surface area (Å²) in [5.74, 6) is 0. The third kappa shape index (κ3) is 3.91. The van der Waals surface area contributed by atoms with Crippen LogP contribution in [0.15, 0.2) is 121 Å². The molecule has 35 heavy (non-hydrogen) atoms. The maximum absolute atomic E-state index is 6.46. The van der Waals surface area contributed by atoms with Gasteiger partial charge in [-0.3, -0.25) is 0 Å². The fraction of sp³-hybridized carbons (Fsp3) is 0.200. The standard InChI is InChI=1S/C30H28BO4/c1-32-29(23-15-7-3-8-16-23,24-17-9-4-10-18-24)27-28(35-31-34-27)30(33-2,25-19-11-5-12-20-25)26-21-13-6-14-22-26/h3-22,27-28H,1-2H3/t27-,28-/m1/s1. The van der Waals surface area contributed by atoms with Crippen LogP contribution in [0, 0.1) is 0 Å². The second kappa shape index (κ2) is 10.2. The molecule has 2 atom stereocenters. The SMILES string of the molecule is COC(c1ccccc1)(c1ccccc1)[C@@H]1O[B]O[C@H]1C(OC)(c1ccccc1)c1ccccc1.